The molecule has 1 aliphatic rings. The Balaban J connectivity index is 1.33. The molecule has 2 heterocycles. The summed E-state index contributed by atoms with van der Waals surface area (Å²) >= 11 is 2.94. The Kier molecular flexibility index (Phi) is 6.10. The number of nitrogens with one attached hydrogen (secondary N) is 1. The van der Waals surface area contributed by atoms with Crippen LogP contribution in [0.2, 0.25) is 0 Å². The number of carbonyl (C=O) groups excluding carboxylic acids is 1. The molecule has 0 spiro atoms. The Morgan fingerprint density at radius 2 is 2.14 bits per heavy atom. The van der Waals surface area contributed by atoms with Crippen molar-refractivity contribution in [1.82, 2.24) is 10.4 Å². The van der Waals surface area contributed by atoms with Crippen LogP contribution in [-0.2, 0) is 4.79 Å². The Labute approximate surface area is 177 Å². The summed E-state index contributed by atoms with van der Waals surface area (Å²) in [6.45, 7) is 3.71. The minimum atomic E-state index is -0.253. The van der Waals surface area contributed by atoms with Gasteiger partial charge in [-0.25, -0.2) is 14.8 Å². The predicted octanol–water partition coefficient (Wildman–Crippen LogP) is 4.59. The highest BCUT2D eigenvalue weighted by Gasteiger charge is 2.17. The third-order valence-electron chi connectivity index (χ3n) is 4.78. The predicted molar refractivity (Wildman–Crippen MR) is 119 cm³/mol. The van der Waals surface area contributed by atoms with Crippen LogP contribution in [-0.4, -0.2) is 35.9 Å². The monoisotopic (exact) mass is 428 g/mol. The molecule has 0 bridgehead atoms. The molecule has 1 N–H and O–H groups in total. The van der Waals surface area contributed by atoms with E-state index >= 15 is 0 Å². The van der Waals surface area contributed by atoms with E-state index in [1.807, 2.05) is 37.3 Å². The van der Waals surface area contributed by atoms with E-state index < -0.39 is 0 Å². The molecular formula is C21H21FN4OS2. The molecule has 150 valence electrons. The Hall–Kier alpha value is -2.45. The van der Waals surface area contributed by atoms with E-state index in [1.165, 1.54) is 24.0 Å². The van der Waals surface area contributed by atoms with Crippen molar-refractivity contribution >= 4 is 51.1 Å². The highest BCUT2D eigenvalue weighted by atomic mass is 32.2. The first-order chi connectivity index (χ1) is 14.1. The highest BCUT2D eigenvalue weighted by molar-refractivity contribution is 8.01. The summed E-state index contributed by atoms with van der Waals surface area (Å²) in [6.07, 6.45) is 3.69. The van der Waals surface area contributed by atoms with Crippen LogP contribution in [0.3, 0.4) is 0 Å². The SMILES string of the molecule is Cc1cc(N2CCCC2)c(F)cc1C=NNC(=O)CSc1nc2ccccc2s1. The van der Waals surface area contributed by atoms with E-state index in [-0.39, 0.29) is 17.5 Å². The molecule has 1 aromatic heterocycles. The molecule has 1 aliphatic heterocycles. The zero-order valence-electron chi connectivity index (χ0n) is 16.0. The molecule has 0 saturated carbocycles. The zero-order valence-corrected chi connectivity index (χ0v) is 17.7. The molecule has 0 unspecified atom stereocenters. The van der Waals surface area contributed by atoms with E-state index in [0.29, 0.717) is 11.3 Å². The molecule has 0 atom stereocenters. The minimum absolute atomic E-state index is 0.221. The number of aromatic nitrogens is 1. The number of thiazole rings is 1. The average Bonchev–Trinajstić information content (AvgIpc) is 3.38. The van der Waals surface area contributed by atoms with Crippen molar-refractivity contribution in [3.63, 3.8) is 0 Å². The van der Waals surface area contributed by atoms with Gasteiger partial charge in [-0.2, -0.15) is 5.10 Å². The number of rotatable bonds is 6. The average molecular weight is 429 g/mol. The number of thioether (sulfide) groups is 1. The number of hydrogen-bond donors (Lipinski definition) is 1. The van der Waals surface area contributed by atoms with Crippen LogP contribution < -0.4 is 10.3 Å². The fourth-order valence-electron chi connectivity index (χ4n) is 3.27. The molecule has 1 amide bonds. The molecule has 2 aromatic carbocycles. The first-order valence-corrected chi connectivity index (χ1v) is 11.3. The Bertz CT molecular complexity index is 1030. The maximum Gasteiger partial charge on any atom is 0.250 e. The number of aryl methyl sites for hydroxylation is 1. The van der Waals surface area contributed by atoms with Gasteiger partial charge in [0.15, 0.2) is 4.34 Å². The summed E-state index contributed by atoms with van der Waals surface area (Å²) < 4.78 is 16.4. The van der Waals surface area contributed by atoms with Crippen molar-refractivity contribution in [3.8, 4) is 0 Å². The van der Waals surface area contributed by atoms with Crippen LogP contribution >= 0.6 is 23.1 Å². The van der Waals surface area contributed by atoms with Crippen LogP contribution in [0.4, 0.5) is 10.1 Å². The van der Waals surface area contributed by atoms with Gasteiger partial charge in [0.25, 0.3) is 5.91 Å². The minimum Gasteiger partial charge on any atom is -0.369 e. The number of hydrazone groups is 1. The summed E-state index contributed by atoms with van der Waals surface area (Å²) in [4.78, 5) is 18.6. The van der Waals surface area contributed by atoms with E-state index in [9.17, 15) is 9.18 Å². The quantitative estimate of drug-likeness (QED) is 0.355. The van der Waals surface area contributed by atoms with Gasteiger partial charge in [0, 0.05) is 18.7 Å². The highest BCUT2D eigenvalue weighted by Crippen LogP contribution is 2.29. The number of carbonyl (C=O) groups is 1. The molecule has 5 nitrogen and oxygen atoms in total. The third-order valence-corrected chi connectivity index (χ3v) is 6.96. The van der Waals surface area contributed by atoms with Crippen LogP contribution in [0.15, 0.2) is 45.8 Å². The summed E-state index contributed by atoms with van der Waals surface area (Å²) in [5, 5.41) is 3.99. The van der Waals surface area contributed by atoms with Gasteiger partial charge in [0.05, 0.1) is 27.9 Å². The maximum absolute atomic E-state index is 14.5. The lowest BCUT2D eigenvalue weighted by Crippen LogP contribution is -2.20. The fraction of sp³-hybridized carbons (Fsp3) is 0.286. The number of nitrogens with zero attached hydrogens (tertiary/aromatic N) is 3. The Morgan fingerprint density at radius 3 is 2.93 bits per heavy atom. The maximum atomic E-state index is 14.5. The van der Waals surface area contributed by atoms with Crippen molar-refractivity contribution in [3.05, 3.63) is 53.3 Å². The summed E-state index contributed by atoms with van der Waals surface area (Å²) in [5.41, 5.74) is 5.67. The van der Waals surface area contributed by atoms with Crippen molar-refractivity contribution < 1.29 is 9.18 Å². The molecule has 1 saturated heterocycles. The molecule has 8 heteroatoms. The third kappa shape index (κ3) is 4.76. The largest absolute Gasteiger partial charge is 0.369 e. The van der Waals surface area contributed by atoms with Crippen molar-refractivity contribution in [2.75, 3.05) is 23.7 Å². The molecule has 0 aliphatic carbocycles. The molecular weight excluding hydrogens is 407 g/mol. The number of fused-ring (bicyclic) bond motifs is 1. The number of anilines is 1. The first kappa shape index (κ1) is 19.8. The van der Waals surface area contributed by atoms with E-state index in [2.05, 4.69) is 20.4 Å². The van der Waals surface area contributed by atoms with Gasteiger partial charge in [0.2, 0.25) is 0 Å². The number of benzene rings is 2. The second-order valence-electron chi connectivity index (χ2n) is 6.88. The van der Waals surface area contributed by atoms with E-state index in [4.69, 9.17) is 0 Å². The van der Waals surface area contributed by atoms with Gasteiger partial charge < -0.3 is 4.90 Å². The second kappa shape index (κ2) is 8.92. The fourth-order valence-corrected chi connectivity index (χ4v) is 5.13. The van der Waals surface area contributed by atoms with Gasteiger partial charge in [-0.1, -0.05) is 23.9 Å². The topological polar surface area (TPSA) is 57.6 Å². The summed E-state index contributed by atoms with van der Waals surface area (Å²) in [7, 11) is 0. The van der Waals surface area contributed by atoms with Gasteiger partial charge >= 0.3 is 0 Å². The standard InChI is InChI=1S/C21H21FN4OS2/c1-14-10-18(26-8-4-5-9-26)16(22)11-15(14)12-23-25-20(27)13-28-21-24-17-6-2-3-7-19(17)29-21/h2-3,6-7,10-12H,4-5,8-9,13H2,1H3,(H,25,27). The summed E-state index contributed by atoms with van der Waals surface area (Å²) in [5.74, 6) is -0.257. The number of halogens is 1. The van der Waals surface area contributed by atoms with Gasteiger partial charge in [0.1, 0.15) is 5.82 Å². The van der Waals surface area contributed by atoms with Crippen molar-refractivity contribution in [2.45, 2.75) is 24.1 Å². The number of amides is 1. The van der Waals surface area contributed by atoms with Crippen LogP contribution in [0.5, 0.6) is 0 Å². The lowest BCUT2D eigenvalue weighted by molar-refractivity contribution is -0.118. The first-order valence-electron chi connectivity index (χ1n) is 9.45. The smallest absolute Gasteiger partial charge is 0.250 e. The van der Waals surface area contributed by atoms with Crippen LogP contribution in [0.25, 0.3) is 10.2 Å². The van der Waals surface area contributed by atoms with E-state index in [1.54, 1.807) is 11.3 Å². The molecule has 4 rings (SSSR count). The normalized spacial score (nSPS) is 14.2. The summed E-state index contributed by atoms with van der Waals surface area (Å²) in [6, 6.07) is 11.2. The van der Waals surface area contributed by atoms with Gasteiger partial charge in [-0.15, -0.1) is 11.3 Å². The van der Waals surface area contributed by atoms with Gasteiger partial charge in [-0.05, 0) is 49.6 Å². The lowest BCUT2D eigenvalue weighted by atomic mass is 10.1. The Morgan fingerprint density at radius 1 is 1.34 bits per heavy atom. The van der Waals surface area contributed by atoms with Crippen molar-refractivity contribution in [1.29, 1.82) is 0 Å². The molecule has 29 heavy (non-hydrogen) atoms. The number of hydrogen-bond acceptors (Lipinski definition) is 6. The second-order valence-corrected chi connectivity index (χ2v) is 9.14. The van der Waals surface area contributed by atoms with Crippen molar-refractivity contribution in [2.24, 2.45) is 5.10 Å². The molecule has 3 aromatic rings. The van der Waals surface area contributed by atoms with Crippen LogP contribution in [0.1, 0.15) is 24.0 Å². The molecule has 1 fully saturated rings. The molecule has 0 radical (unpaired) electrons. The lowest BCUT2D eigenvalue weighted by Gasteiger charge is -2.19. The number of para-hydroxylation sites is 1. The van der Waals surface area contributed by atoms with Crippen LogP contribution in [0, 0.1) is 12.7 Å². The van der Waals surface area contributed by atoms with E-state index in [0.717, 1.165) is 46.1 Å². The zero-order chi connectivity index (χ0) is 20.2. The van der Waals surface area contributed by atoms with Gasteiger partial charge in [-0.3, -0.25) is 4.79 Å².